The fourth-order valence-corrected chi connectivity index (χ4v) is 3.60. The fraction of sp³-hybridized carbons (Fsp3) is 0.636. The number of hydrogen-bond donors (Lipinski definition) is 2. The second-order valence-electron chi connectivity index (χ2n) is 8.01. The van der Waals surface area contributed by atoms with E-state index in [9.17, 15) is 4.79 Å². The van der Waals surface area contributed by atoms with E-state index in [4.69, 9.17) is 4.74 Å². The SMILES string of the molecule is CN=C(NCc1cccc(NC(=O)C2CCCC2)c1)N(C)CCOCC1CC1. The molecule has 0 heterocycles. The van der Waals surface area contributed by atoms with Gasteiger partial charge in [-0.25, -0.2) is 0 Å². The topological polar surface area (TPSA) is 66.0 Å². The number of nitrogens with one attached hydrogen (secondary N) is 2. The van der Waals surface area contributed by atoms with Gasteiger partial charge in [-0.1, -0.05) is 25.0 Å². The Bertz CT molecular complexity index is 666. The van der Waals surface area contributed by atoms with E-state index in [0.29, 0.717) is 6.54 Å². The van der Waals surface area contributed by atoms with Crippen LogP contribution in [0.1, 0.15) is 44.1 Å². The highest BCUT2D eigenvalue weighted by molar-refractivity contribution is 5.92. The molecule has 0 spiro atoms. The normalized spacial score (nSPS) is 17.6. The first-order chi connectivity index (χ1) is 13.7. The fourth-order valence-electron chi connectivity index (χ4n) is 3.60. The van der Waals surface area contributed by atoms with Crippen LogP contribution < -0.4 is 10.6 Å². The molecule has 3 rings (SSSR count). The highest BCUT2D eigenvalue weighted by atomic mass is 16.5. The molecule has 28 heavy (non-hydrogen) atoms. The molecule has 0 unspecified atom stereocenters. The second-order valence-corrected chi connectivity index (χ2v) is 8.01. The Morgan fingerprint density at radius 2 is 2.04 bits per heavy atom. The number of benzene rings is 1. The number of carbonyl (C=O) groups is 1. The minimum absolute atomic E-state index is 0.157. The van der Waals surface area contributed by atoms with Gasteiger partial charge in [-0.05, 0) is 49.3 Å². The maximum atomic E-state index is 12.3. The molecule has 0 saturated heterocycles. The molecule has 0 radical (unpaired) electrons. The van der Waals surface area contributed by atoms with E-state index in [-0.39, 0.29) is 11.8 Å². The van der Waals surface area contributed by atoms with E-state index in [1.165, 1.54) is 25.7 Å². The van der Waals surface area contributed by atoms with E-state index in [0.717, 1.165) is 55.7 Å². The van der Waals surface area contributed by atoms with Gasteiger partial charge in [0.1, 0.15) is 0 Å². The first-order valence-electron chi connectivity index (χ1n) is 10.5. The van der Waals surface area contributed by atoms with Gasteiger partial charge < -0.3 is 20.3 Å². The number of guanidine groups is 1. The zero-order valence-corrected chi connectivity index (χ0v) is 17.2. The summed E-state index contributed by atoms with van der Waals surface area (Å²) in [6, 6.07) is 8.03. The number of amides is 1. The van der Waals surface area contributed by atoms with Crippen molar-refractivity contribution in [2.45, 2.75) is 45.1 Å². The lowest BCUT2D eigenvalue weighted by molar-refractivity contribution is -0.119. The Hall–Kier alpha value is -2.08. The number of ether oxygens (including phenoxy) is 1. The lowest BCUT2D eigenvalue weighted by Crippen LogP contribution is -2.40. The van der Waals surface area contributed by atoms with Gasteiger partial charge in [0.15, 0.2) is 5.96 Å². The minimum Gasteiger partial charge on any atom is -0.379 e. The quantitative estimate of drug-likeness (QED) is 0.388. The number of aliphatic imine (C=N–C) groups is 1. The number of carbonyl (C=O) groups excluding carboxylic acids is 1. The largest absolute Gasteiger partial charge is 0.379 e. The predicted molar refractivity (Wildman–Crippen MR) is 113 cm³/mol. The van der Waals surface area contributed by atoms with Crippen LogP contribution in [0.2, 0.25) is 0 Å². The molecular weight excluding hydrogens is 352 g/mol. The summed E-state index contributed by atoms with van der Waals surface area (Å²) >= 11 is 0. The Labute approximate surface area is 168 Å². The number of nitrogens with zero attached hydrogens (tertiary/aromatic N) is 2. The van der Waals surface area contributed by atoms with Crippen LogP contribution in [0.3, 0.4) is 0 Å². The summed E-state index contributed by atoms with van der Waals surface area (Å²) in [6.45, 7) is 3.08. The van der Waals surface area contributed by atoms with Crippen molar-refractivity contribution >= 4 is 17.6 Å². The molecule has 2 aliphatic rings. The average molecular weight is 387 g/mol. The van der Waals surface area contributed by atoms with Crippen LogP contribution in [0.4, 0.5) is 5.69 Å². The lowest BCUT2D eigenvalue weighted by atomic mass is 10.1. The van der Waals surface area contributed by atoms with Crippen molar-refractivity contribution < 1.29 is 9.53 Å². The zero-order chi connectivity index (χ0) is 19.8. The van der Waals surface area contributed by atoms with Crippen LogP contribution in [0.5, 0.6) is 0 Å². The maximum Gasteiger partial charge on any atom is 0.227 e. The van der Waals surface area contributed by atoms with Crippen LogP contribution >= 0.6 is 0 Å². The van der Waals surface area contributed by atoms with Crippen molar-refractivity contribution in [2.24, 2.45) is 16.8 Å². The molecule has 0 atom stereocenters. The number of rotatable bonds is 9. The third-order valence-electron chi connectivity index (χ3n) is 5.57. The molecule has 1 amide bonds. The summed E-state index contributed by atoms with van der Waals surface area (Å²) in [5, 5.41) is 6.46. The van der Waals surface area contributed by atoms with Gasteiger partial charge in [-0.2, -0.15) is 0 Å². The number of hydrogen-bond acceptors (Lipinski definition) is 3. The van der Waals surface area contributed by atoms with E-state index < -0.39 is 0 Å². The molecule has 2 saturated carbocycles. The van der Waals surface area contributed by atoms with Crippen molar-refractivity contribution in [3.05, 3.63) is 29.8 Å². The van der Waals surface area contributed by atoms with Gasteiger partial charge in [0.2, 0.25) is 5.91 Å². The smallest absolute Gasteiger partial charge is 0.227 e. The Kier molecular flexibility index (Phi) is 7.71. The third kappa shape index (κ3) is 6.51. The molecule has 0 aromatic heterocycles. The monoisotopic (exact) mass is 386 g/mol. The minimum atomic E-state index is 0.157. The van der Waals surface area contributed by atoms with E-state index >= 15 is 0 Å². The molecule has 2 fully saturated rings. The number of anilines is 1. The van der Waals surface area contributed by atoms with Crippen molar-refractivity contribution in [3.8, 4) is 0 Å². The van der Waals surface area contributed by atoms with Crippen molar-refractivity contribution in [1.29, 1.82) is 0 Å². The van der Waals surface area contributed by atoms with Crippen molar-refractivity contribution in [1.82, 2.24) is 10.2 Å². The first-order valence-corrected chi connectivity index (χ1v) is 10.5. The van der Waals surface area contributed by atoms with Gasteiger partial charge >= 0.3 is 0 Å². The summed E-state index contributed by atoms with van der Waals surface area (Å²) in [5.41, 5.74) is 1.98. The van der Waals surface area contributed by atoms with Crippen LogP contribution in [-0.2, 0) is 16.1 Å². The molecule has 1 aromatic carbocycles. The van der Waals surface area contributed by atoms with E-state index in [2.05, 4.69) is 26.6 Å². The van der Waals surface area contributed by atoms with Gasteiger partial charge in [0.25, 0.3) is 0 Å². The Morgan fingerprint density at radius 3 is 2.75 bits per heavy atom. The van der Waals surface area contributed by atoms with Crippen LogP contribution in [0.25, 0.3) is 0 Å². The Balaban J connectivity index is 1.43. The van der Waals surface area contributed by atoms with Gasteiger partial charge in [-0.3, -0.25) is 9.79 Å². The summed E-state index contributed by atoms with van der Waals surface area (Å²) in [5.74, 6) is 1.97. The van der Waals surface area contributed by atoms with E-state index in [1.807, 2.05) is 25.2 Å². The predicted octanol–water partition coefficient (Wildman–Crippen LogP) is 3.25. The standard InChI is InChI=1S/C22H34N4O2/c1-23-22(26(2)12-13-28-16-17-10-11-17)24-15-18-6-5-9-20(14-18)25-21(27)19-7-3-4-8-19/h5-6,9,14,17,19H,3-4,7-8,10-13,15-16H2,1-2H3,(H,23,24)(H,25,27). The highest BCUT2D eigenvalue weighted by Gasteiger charge is 2.22. The molecule has 1 aromatic rings. The van der Waals surface area contributed by atoms with Gasteiger partial charge in [-0.15, -0.1) is 0 Å². The summed E-state index contributed by atoms with van der Waals surface area (Å²) < 4.78 is 5.72. The molecular formula is C22H34N4O2. The zero-order valence-electron chi connectivity index (χ0n) is 17.2. The van der Waals surface area contributed by atoms with Gasteiger partial charge in [0, 0.05) is 45.4 Å². The van der Waals surface area contributed by atoms with Crippen molar-refractivity contribution in [3.63, 3.8) is 0 Å². The molecule has 0 aliphatic heterocycles. The molecule has 6 nitrogen and oxygen atoms in total. The highest BCUT2D eigenvalue weighted by Crippen LogP contribution is 2.28. The lowest BCUT2D eigenvalue weighted by Gasteiger charge is -2.22. The molecule has 2 aliphatic carbocycles. The average Bonchev–Trinajstić information content (AvgIpc) is 3.35. The number of likely N-dealkylation sites (N-methyl/N-ethyl adjacent to an activating group) is 1. The van der Waals surface area contributed by atoms with Crippen molar-refractivity contribution in [2.75, 3.05) is 39.2 Å². The molecule has 6 heteroatoms. The first kappa shape index (κ1) is 20.6. The van der Waals surface area contributed by atoms with E-state index in [1.54, 1.807) is 7.05 Å². The second kappa shape index (κ2) is 10.5. The maximum absolute atomic E-state index is 12.3. The Morgan fingerprint density at radius 1 is 1.25 bits per heavy atom. The third-order valence-corrected chi connectivity index (χ3v) is 5.57. The summed E-state index contributed by atoms with van der Waals surface area (Å²) in [6.07, 6.45) is 7.00. The summed E-state index contributed by atoms with van der Waals surface area (Å²) in [4.78, 5) is 18.8. The molecule has 154 valence electrons. The van der Waals surface area contributed by atoms with Crippen LogP contribution in [0.15, 0.2) is 29.3 Å². The van der Waals surface area contributed by atoms with Gasteiger partial charge in [0.05, 0.1) is 6.61 Å². The summed E-state index contributed by atoms with van der Waals surface area (Å²) in [7, 11) is 3.82. The molecule has 0 bridgehead atoms. The van der Waals surface area contributed by atoms with Crippen LogP contribution in [0, 0.1) is 11.8 Å². The van der Waals surface area contributed by atoms with Crippen LogP contribution in [-0.4, -0.2) is 50.6 Å². The molecule has 2 N–H and O–H groups in total.